The molecular weight excluding hydrogens is 551 g/mol. The summed E-state index contributed by atoms with van der Waals surface area (Å²) in [6, 6.07) is 23.7. The van der Waals surface area contributed by atoms with Gasteiger partial charge in [-0.1, -0.05) is 48.9 Å². The number of halogens is 2. The predicted molar refractivity (Wildman–Crippen MR) is 153 cm³/mol. The van der Waals surface area contributed by atoms with Crippen molar-refractivity contribution in [3.63, 3.8) is 0 Å². The van der Waals surface area contributed by atoms with Gasteiger partial charge in [-0.3, -0.25) is 4.79 Å². The number of rotatable bonds is 6. The van der Waals surface area contributed by atoms with Crippen LogP contribution in [0.4, 0.5) is 14.9 Å². The molecule has 1 aliphatic heterocycles. The van der Waals surface area contributed by atoms with Crippen LogP contribution < -0.4 is 10.2 Å². The number of hydrogen-bond acceptors (Lipinski definition) is 5. The first-order valence-corrected chi connectivity index (χ1v) is 13.9. The lowest BCUT2D eigenvalue weighted by molar-refractivity contribution is -0.120. The molecule has 3 heterocycles. The van der Waals surface area contributed by atoms with Crippen molar-refractivity contribution >= 4 is 51.5 Å². The van der Waals surface area contributed by atoms with Crippen LogP contribution in [0.1, 0.15) is 23.4 Å². The average molecular weight is 575 g/mol. The maximum Gasteiger partial charge on any atom is 0.407 e. The summed E-state index contributed by atoms with van der Waals surface area (Å²) in [4.78, 5) is 29.1. The van der Waals surface area contributed by atoms with E-state index in [0.29, 0.717) is 10.0 Å². The van der Waals surface area contributed by atoms with Crippen LogP contribution in [0.2, 0.25) is 4.34 Å². The second kappa shape index (κ2) is 10.7. The Hall–Kier alpha value is -4.21. The van der Waals surface area contributed by atoms with Gasteiger partial charge in [0.05, 0.1) is 39.7 Å². The minimum atomic E-state index is -0.598. The van der Waals surface area contributed by atoms with E-state index in [1.807, 2.05) is 54.6 Å². The molecule has 2 aromatic heterocycles. The highest BCUT2D eigenvalue weighted by atomic mass is 35.5. The summed E-state index contributed by atoms with van der Waals surface area (Å²) < 4.78 is 21.2. The molecule has 1 fully saturated rings. The second-order valence-corrected chi connectivity index (χ2v) is 11.3. The van der Waals surface area contributed by atoms with Gasteiger partial charge in [0.2, 0.25) is 5.91 Å². The van der Waals surface area contributed by atoms with Crippen molar-refractivity contribution in [2.45, 2.75) is 25.6 Å². The van der Waals surface area contributed by atoms with Gasteiger partial charge in [0.1, 0.15) is 12.4 Å². The maximum absolute atomic E-state index is 13.7. The van der Waals surface area contributed by atoms with E-state index >= 15 is 0 Å². The van der Waals surface area contributed by atoms with Gasteiger partial charge in [-0.2, -0.15) is 5.10 Å². The largest absolute Gasteiger partial charge is 0.445 e. The van der Waals surface area contributed by atoms with Gasteiger partial charge in [0.15, 0.2) is 0 Å². The third-order valence-corrected chi connectivity index (χ3v) is 8.37. The van der Waals surface area contributed by atoms with Crippen molar-refractivity contribution in [2.24, 2.45) is 5.92 Å². The third kappa shape index (κ3) is 4.94. The molecular formula is C30H24ClFN4O3S. The Morgan fingerprint density at radius 1 is 1.05 bits per heavy atom. The first-order valence-electron chi connectivity index (χ1n) is 12.7. The zero-order chi connectivity index (χ0) is 27.8. The fourth-order valence-corrected chi connectivity index (χ4v) is 6.29. The Kier molecular flexibility index (Phi) is 7.00. The Labute approximate surface area is 238 Å². The van der Waals surface area contributed by atoms with Crippen LogP contribution in [-0.4, -0.2) is 27.8 Å². The number of anilines is 1. The van der Waals surface area contributed by atoms with Gasteiger partial charge < -0.3 is 15.0 Å². The Bertz CT molecular complexity index is 1690. The highest BCUT2D eigenvalue weighted by Crippen LogP contribution is 2.44. The van der Waals surface area contributed by atoms with Crippen molar-refractivity contribution in [1.82, 2.24) is 15.1 Å². The highest BCUT2D eigenvalue weighted by molar-refractivity contribution is 7.16. The molecule has 202 valence electrons. The number of carbonyl (C=O) groups is 2. The molecule has 0 aliphatic carbocycles. The fourth-order valence-electron chi connectivity index (χ4n) is 5.09. The van der Waals surface area contributed by atoms with Crippen molar-refractivity contribution in [2.75, 3.05) is 4.90 Å². The molecule has 7 nitrogen and oxygen atoms in total. The minimum absolute atomic E-state index is 0.121. The summed E-state index contributed by atoms with van der Waals surface area (Å²) in [6.45, 7) is 1.92. The predicted octanol–water partition coefficient (Wildman–Crippen LogP) is 6.90. The average Bonchev–Trinajstić information content (AvgIpc) is 3.65. The number of nitrogens with one attached hydrogen (secondary N) is 1. The molecule has 3 aromatic carbocycles. The van der Waals surface area contributed by atoms with Gasteiger partial charge >= 0.3 is 6.09 Å². The quantitative estimate of drug-likeness (QED) is 0.239. The summed E-state index contributed by atoms with van der Waals surface area (Å²) in [5.41, 5.74) is 3.06. The molecule has 6 rings (SSSR count). The zero-order valence-corrected chi connectivity index (χ0v) is 22.9. The Morgan fingerprint density at radius 2 is 1.80 bits per heavy atom. The summed E-state index contributed by atoms with van der Waals surface area (Å²) in [7, 11) is 0. The third-order valence-electron chi connectivity index (χ3n) is 7.07. The smallest absolute Gasteiger partial charge is 0.407 e. The molecule has 2 amide bonds. The van der Waals surface area contributed by atoms with Gasteiger partial charge in [0.25, 0.3) is 0 Å². The lowest BCUT2D eigenvalue weighted by Crippen LogP contribution is -2.42. The number of amides is 2. The van der Waals surface area contributed by atoms with Crippen LogP contribution in [0.5, 0.6) is 0 Å². The molecule has 0 radical (unpaired) electrons. The zero-order valence-electron chi connectivity index (χ0n) is 21.3. The van der Waals surface area contributed by atoms with E-state index in [2.05, 4.69) is 10.4 Å². The molecule has 1 aliphatic rings. The molecule has 10 heteroatoms. The summed E-state index contributed by atoms with van der Waals surface area (Å²) in [5.74, 6) is -0.975. The molecule has 0 bridgehead atoms. The Morgan fingerprint density at radius 3 is 2.52 bits per heavy atom. The van der Waals surface area contributed by atoms with Crippen LogP contribution in [0.15, 0.2) is 91.1 Å². The Balaban J connectivity index is 1.31. The highest BCUT2D eigenvalue weighted by Gasteiger charge is 2.48. The number of aromatic nitrogens is 2. The second-order valence-electron chi connectivity index (χ2n) is 9.59. The van der Waals surface area contributed by atoms with E-state index in [1.165, 1.54) is 23.5 Å². The molecule has 1 N–H and O–H groups in total. The van der Waals surface area contributed by atoms with Crippen molar-refractivity contribution < 1.29 is 18.7 Å². The van der Waals surface area contributed by atoms with Crippen LogP contribution in [-0.2, 0) is 16.1 Å². The molecule has 0 spiro atoms. The van der Waals surface area contributed by atoms with Gasteiger partial charge in [0, 0.05) is 16.0 Å². The maximum atomic E-state index is 13.7. The van der Waals surface area contributed by atoms with Gasteiger partial charge in [-0.15, -0.1) is 11.3 Å². The van der Waals surface area contributed by atoms with Crippen molar-refractivity contribution in [1.29, 1.82) is 0 Å². The number of carbonyl (C=O) groups excluding carboxylic acids is 2. The van der Waals surface area contributed by atoms with Gasteiger partial charge in [-0.25, -0.2) is 13.9 Å². The first kappa shape index (κ1) is 26.0. The standard InChI is InChI=1S/C30H24ClFN4O3S/c1-18-27(34-30(38)39-17-19-5-3-2-4-6-19)28(25-13-14-26(31)40-25)35(29(18)37)23-11-12-24-20(15-23)16-33-36(24)22-9-7-21(32)8-10-22/h2-16,18,27-28H,17H2,1H3,(H,34,38)/t18-,27-,28+/m0/s1. The van der Waals surface area contributed by atoms with Crippen molar-refractivity contribution in [3.8, 4) is 5.69 Å². The number of thiophene rings is 1. The molecule has 1 saturated heterocycles. The normalized spacial score (nSPS) is 18.8. The monoisotopic (exact) mass is 574 g/mol. The molecule has 0 saturated carbocycles. The number of nitrogens with zero attached hydrogens (tertiary/aromatic N) is 3. The minimum Gasteiger partial charge on any atom is -0.445 e. The topological polar surface area (TPSA) is 76.5 Å². The molecule has 40 heavy (non-hydrogen) atoms. The summed E-state index contributed by atoms with van der Waals surface area (Å²) in [5, 5.41) is 8.24. The lowest BCUT2D eigenvalue weighted by atomic mass is 9.99. The van der Waals surface area contributed by atoms with Gasteiger partial charge in [-0.05, 0) is 60.2 Å². The first-order chi connectivity index (χ1) is 19.4. The van der Waals surface area contributed by atoms with E-state index in [4.69, 9.17) is 16.3 Å². The SMILES string of the molecule is C[C@@H]1C(=O)N(c2ccc3c(cnn3-c3ccc(F)cc3)c2)[C@H](c2ccc(Cl)s2)[C@H]1NC(=O)OCc1ccccc1. The molecule has 0 unspecified atom stereocenters. The van der Waals surface area contributed by atoms with E-state index < -0.39 is 24.1 Å². The summed E-state index contributed by atoms with van der Waals surface area (Å²) >= 11 is 7.66. The van der Waals surface area contributed by atoms with Crippen LogP contribution in [0.25, 0.3) is 16.6 Å². The van der Waals surface area contributed by atoms with E-state index in [9.17, 15) is 14.0 Å². The van der Waals surface area contributed by atoms with Crippen LogP contribution in [0.3, 0.4) is 0 Å². The van der Waals surface area contributed by atoms with Crippen molar-refractivity contribution in [3.05, 3.63) is 112 Å². The molecule has 3 atom stereocenters. The number of alkyl carbamates (subject to hydrolysis) is 1. The fraction of sp³-hybridized carbons (Fsp3) is 0.167. The molecule has 5 aromatic rings. The van der Waals surface area contributed by atoms with E-state index in [1.54, 1.807) is 40.9 Å². The number of hydrogen-bond donors (Lipinski definition) is 1. The van der Waals surface area contributed by atoms with Crippen LogP contribution in [0, 0.1) is 11.7 Å². The lowest BCUT2D eigenvalue weighted by Gasteiger charge is -2.28. The summed E-state index contributed by atoms with van der Waals surface area (Å²) in [6.07, 6.45) is 1.11. The number of ether oxygens (including phenoxy) is 1. The van der Waals surface area contributed by atoms with Crippen LogP contribution >= 0.6 is 22.9 Å². The number of fused-ring (bicyclic) bond motifs is 1. The van der Waals surface area contributed by atoms with E-state index in [-0.39, 0.29) is 18.3 Å². The van der Waals surface area contributed by atoms with E-state index in [0.717, 1.165) is 27.0 Å². The number of benzene rings is 3.